The van der Waals surface area contributed by atoms with Gasteiger partial charge in [0.05, 0.1) is 0 Å². The first-order chi connectivity index (χ1) is 13.1. The van der Waals surface area contributed by atoms with Crippen LogP contribution in [0.4, 0.5) is 5.69 Å². The van der Waals surface area contributed by atoms with Gasteiger partial charge in [-0.1, -0.05) is 24.3 Å². The van der Waals surface area contributed by atoms with Crippen LogP contribution in [0.5, 0.6) is 0 Å². The Morgan fingerprint density at radius 3 is 2.45 bits per heavy atom. The summed E-state index contributed by atoms with van der Waals surface area (Å²) < 4.78 is 0. The second-order valence-electron chi connectivity index (χ2n) is 7.35. The number of piperidine rings is 1. The van der Waals surface area contributed by atoms with E-state index in [1.807, 2.05) is 54.5 Å². The summed E-state index contributed by atoms with van der Waals surface area (Å²) in [7, 11) is 1.95. The van der Waals surface area contributed by atoms with E-state index in [2.05, 4.69) is 16.0 Å². The number of hydrogen-bond acceptors (Lipinski definition) is 4. The minimum atomic E-state index is 0. The normalized spacial score (nSPS) is 14.5. The maximum absolute atomic E-state index is 12.6. The Morgan fingerprint density at radius 2 is 1.79 bits per heavy atom. The van der Waals surface area contributed by atoms with E-state index < -0.39 is 0 Å². The summed E-state index contributed by atoms with van der Waals surface area (Å²) in [6.45, 7) is 3.12. The Labute approximate surface area is 186 Å². The number of carbonyl (C=O) groups is 1. The summed E-state index contributed by atoms with van der Waals surface area (Å²) >= 11 is 0. The summed E-state index contributed by atoms with van der Waals surface area (Å²) in [4.78, 5) is 21.4. The van der Waals surface area contributed by atoms with E-state index in [1.54, 1.807) is 0 Å². The summed E-state index contributed by atoms with van der Waals surface area (Å²) in [5.41, 5.74) is 8.95. The first-order valence-corrected chi connectivity index (χ1v) is 9.85. The molecule has 1 aliphatic heterocycles. The number of likely N-dealkylation sites (tertiary alicyclic amines) is 1. The third-order valence-corrected chi connectivity index (χ3v) is 5.57. The Kier molecular flexibility index (Phi) is 11.0. The lowest BCUT2D eigenvalue weighted by Gasteiger charge is -2.36. The zero-order valence-corrected chi connectivity index (χ0v) is 18.6. The molecule has 0 unspecified atom stereocenters. The molecule has 1 aromatic carbocycles. The Morgan fingerprint density at radius 1 is 1.10 bits per heavy atom. The number of anilines is 1. The van der Waals surface area contributed by atoms with Gasteiger partial charge in [0.15, 0.2) is 0 Å². The standard InChI is InChI=1S/C22H30N4O.2ClH/c1-25(22(27)10-9-18-6-2-3-8-21(18)23)20-12-16-26(17-13-20)15-11-19-7-4-5-14-24-19;;/h2-8,14,20H,9-13,15-17,23H2,1H3;2*1H. The van der Waals surface area contributed by atoms with Gasteiger partial charge in [0.1, 0.15) is 0 Å². The summed E-state index contributed by atoms with van der Waals surface area (Å²) in [5.74, 6) is 0.213. The third-order valence-electron chi connectivity index (χ3n) is 5.57. The number of amides is 1. The van der Waals surface area contributed by atoms with Crippen molar-refractivity contribution in [2.45, 2.75) is 38.1 Å². The van der Waals surface area contributed by atoms with Crippen molar-refractivity contribution in [2.24, 2.45) is 0 Å². The molecule has 2 heterocycles. The highest BCUT2D eigenvalue weighted by atomic mass is 35.5. The zero-order chi connectivity index (χ0) is 19.1. The molecule has 5 nitrogen and oxygen atoms in total. The number of carbonyl (C=O) groups excluding carboxylic acids is 1. The first-order valence-electron chi connectivity index (χ1n) is 9.85. The summed E-state index contributed by atoms with van der Waals surface area (Å²) in [6.07, 6.45) is 6.14. The molecular formula is C22H32Cl2N4O. The number of benzene rings is 1. The van der Waals surface area contributed by atoms with Crippen LogP contribution in [0.1, 0.15) is 30.5 Å². The van der Waals surface area contributed by atoms with Gasteiger partial charge in [0.25, 0.3) is 0 Å². The SMILES string of the molecule is CN(C(=O)CCc1ccccc1N)C1CCN(CCc2ccccn2)CC1.Cl.Cl. The van der Waals surface area contributed by atoms with Crippen molar-refractivity contribution in [3.05, 3.63) is 59.9 Å². The number of hydrogen-bond donors (Lipinski definition) is 1. The van der Waals surface area contributed by atoms with E-state index in [1.165, 1.54) is 0 Å². The highest BCUT2D eigenvalue weighted by Gasteiger charge is 2.25. The van der Waals surface area contributed by atoms with E-state index in [4.69, 9.17) is 5.73 Å². The Bertz CT molecular complexity index is 737. The molecule has 1 fully saturated rings. The number of pyridine rings is 1. The lowest BCUT2D eigenvalue weighted by atomic mass is 10.0. The molecule has 7 heteroatoms. The molecule has 3 rings (SSSR count). The molecule has 0 atom stereocenters. The van der Waals surface area contributed by atoms with Crippen LogP contribution >= 0.6 is 24.8 Å². The van der Waals surface area contributed by atoms with Crippen molar-refractivity contribution in [1.29, 1.82) is 0 Å². The van der Waals surface area contributed by atoms with Crippen molar-refractivity contribution in [2.75, 3.05) is 32.4 Å². The van der Waals surface area contributed by atoms with Gasteiger partial charge in [0.2, 0.25) is 5.91 Å². The minimum absolute atomic E-state index is 0. The number of aryl methyl sites for hydroxylation is 1. The van der Waals surface area contributed by atoms with E-state index in [0.29, 0.717) is 18.9 Å². The van der Waals surface area contributed by atoms with Gasteiger partial charge < -0.3 is 15.5 Å². The van der Waals surface area contributed by atoms with E-state index in [-0.39, 0.29) is 30.7 Å². The number of halogens is 2. The zero-order valence-electron chi connectivity index (χ0n) is 17.0. The highest BCUT2D eigenvalue weighted by molar-refractivity contribution is 5.85. The Hall–Kier alpha value is -1.82. The van der Waals surface area contributed by atoms with Gasteiger partial charge in [-0.3, -0.25) is 9.78 Å². The van der Waals surface area contributed by atoms with Gasteiger partial charge >= 0.3 is 0 Å². The molecule has 0 bridgehead atoms. The molecule has 1 aromatic heterocycles. The second kappa shape index (κ2) is 12.7. The number of nitrogens with two attached hydrogens (primary N) is 1. The average molecular weight is 439 g/mol. The van der Waals surface area contributed by atoms with Crippen LogP contribution in [0.2, 0.25) is 0 Å². The van der Waals surface area contributed by atoms with Crippen LogP contribution in [0.25, 0.3) is 0 Å². The van der Waals surface area contributed by atoms with E-state index in [0.717, 1.165) is 55.8 Å². The van der Waals surface area contributed by atoms with Crippen LogP contribution in [0.15, 0.2) is 48.7 Å². The predicted octanol–water partition coefficient (Wildman–Crippen LogP) is 3.61. The second-order valence-corrected chi connectivity index (χ2v) is 7.35. The van der Waals surface area contributed by atoms with Crippen LogP contribution < -0.4 is 5.73 Å². The molecule has 160 valence electrons. The molecule has 2 N–H and O–H groups in total. The van der Waals surface area contributed by atoms with Gasteiger partial charge in [-0.25, -0.2) is 0 Å². The minimum Gasteiger partial charge on any atom is -0.399 e. The molecule has 1 aliphatic rings. The number of aromatic nitrogens is 1. The maximum Gasteiger partial charge on any atom is 0.222 e. The quantitative estimate of drug-likeness (QED) is 0.670. The highest BCUT2D eigenvalue weighted by Crippen LogP contribution is 2.18. The molecule has 0 saturated carbocycles. The number of nitrogen functional groups attached to an aromatic ring is 1. The van der Waals surface area contributed by atoms with Gasteiger partial charge in [0, 0.05) is 63.1 Å². The smallest absolute Gasteiger partial charge is 0.222 e. The van der Waals surface area contributed by atoms with Crippen molar-refractivity contribution in [3.8, 4) is 0 Å². The van der Waals surface area contributed by atoms with Gasteiger partial charge in [-0.2, -0.15) is 0 Å². The molecule has 29 heavy (non-hydrogen) atoms. The van der Waals surface area contributed by atoms with E-state index in [9.17, 15) is 4.79 Å². The lowest BCUT2D eigenvalue weighted by Crippen LogP contribution is -2.46. The topological polar surface area (TPSA) is 62.5 Å². The molecule has 0 radical (unpaired) electrons. The lowest BCUT2D eigenvalue weighted by molar-refractivity contribution is -0.132. The Balaban J connectivity index is 0.00000210. The largest absolute Gasteiger partial charge is 0.399 e. The van der Waals surface area contributed by atoms with Gasteiger partial charge in [-0.15, -0.1) is 24.8 Å². The number of rotatable bonds is 7. The molecule has 1 saturated heterocycles. The average Bonchev–Trinajstić information content (AvgIpc) is 2.72. The molecule has 1 amide bonds. The molecule has 2 aromatic rings. The van der Waals surface area contributed by atoms with E-state index >= 15 is 0 Å². The maximum atomic E-state index is 12.6. The third kappa shape index (κ3) is 7.50. The van der Waals surface area contributed by atoms with Crippen LogP contribution in [-0.4, -0.2) is 53.4 Å². The van der Waals surface area contributed by atoms with Crippen molar-refractivity contribution in [3.63, 3.8) is 0 Å². The van der Waals surface area contributed by atoms with Crippen LogP contribution in [-0.2, 0) is 17.6 Å². The fraction of sp³-hybridized carbons (Fsp3) is 0.455. The molecular weight excluding hydrogens is 407 g/mol. The fourth-order valence-electron chi connectivity index (χ4n) is 3.73. The monoisotopic (exact) mass is 438 g/mol. The van der Waals surface area contributed by atoms with Gasteiger partial charge in [-0.05, 0) is 43.0 Å². The first kappa shape index (κ1) is 25.2. The van der Waals surface area contributed by atoms with Crippen LogP contribution in [0, 0.1) is 0 Å². The fourth-order valence-corrected chi connectivity index (χ4v) is 3.73. The summed E-state index contributed by atoms with van der Waals surface area (Å²) in [5, 5.41) is 0. The molecule has 0 spiro atoms. The van der Waals surface area contributed by atoms with Crippen molar-refractivity contribution < 1.29 is 4.79 Å². The van der Waals surface area contributed by atoms with Crippen molar-refractivity contribution in [1.82, 2.24) is 14.8 Å². The molecule has 0 aliphatic carbocycles. The number of para-hydroxylation sites is 1. The van der Waals surface area contributed by atoms with Crippen molar-refractivity contribution >= 4 is 36.4 Å². The summed E-state index contributed by atoms with van der Waals surface area (Å²) in [6, 6.07) is 14.2. The van der Waals surface area contributed by atoms with Crippen LogP contribution in [0.3, 0.4) is 0 Å². The predicted molar refractivity (Wildman–Crippen MR) is 124 cm³/mol. The number of nitrogens with zero attached hydrogens (tertiary/aromatic N) is 3.